The first-order chi connectivity index (χ1) is 10.7. The summed E-state index contributed by atoms with van der Waals surface area (Å²) < 4.78 is 2.09. The van der Waals surface area contributed by atoms with E-state index in [9.17, 15) is 0 Å². The van der Waals surface area contributed by atoms with E-state index in [1.54, 1.807) is 0 Å². The van der Waals surface area contributed by atoms with Gasteiger partial charge < -0.3 is 0 Å². The lowest BCUT2D eigenvalue weighted by atomic mass is 10.1. The van der Waals surface area contributed by atoms with Crippen molar-refractivity contribution >= 4 is 27.5 Å². The summed E-state index contributed by atoms with van der Waals surface area (Å²) in [6, 6.07) is 16.9. The summed E-state index contributed by atoms with van der Waals surface area (Å²) in [5.74, 6) is 2.82. The Bertz CT molecular complexity index is 959. The molecule has 2 aromatic carbocycles. The quantitative estimate of drug-likeness (QED) is 0.453. The predicted octanol–water partition coefficient (Wildman–Crippen LogP) is 5.14. The number of benzene rings is 1. The second-order valence-electron chi connectivity index (χ2n) is 5.40. The van der Waals surface area contributed by atoms with Crippen molar-refractivity contribution in [2.45, 2.75) is 20.8 Å². The molecular weight excluding hydrogens is 266 g/mol. The van der Waals surface area contributed by atoms with Crippen molar-refractivity contribution in [3.05, 3.63) is 65.8 Å². The Morgan fingerprint density at radius 1 is 1.23 bits per heavy atom. The molecule has 0 saturated heterocycles. The van der Waals surface area contributed by atoms with E-state index in [2.05, 4.69) is 46.9 Å². The second kappa shape index (κ2) is 5.47. The molecule has 0 unspecified atom stereocenters. The van der Waals surface area contributed by atoms with Gasteiger partial charge in [-0.15, -0.1) is 6.42 Å². The van der Waals surface area contributed by atoms with Gasteiger partial charge in [-0.1, -0.05) is 41.8 Å². The molecule has 0 aliphatic heterocycles. The van der Waals surface area contributed by atoms with Gasteiger partial charge in [-0.3, -0.25) is 4.57 Å². The highest BCUT2D eigenvalue weighted by molar-refractivity contribution is 6.10. The van der Waals surface area contributed by atoms with Crippen LogP contribution in [0.2, 0.25) is 0 Å². The predicted molar refractivity (Wildman–Crippen MR) is 94.4 cm³/mol. The maximum Gasteiger partial charge on any atom is 0.106 e. The first-order valence-electron chi connectivity index (χ1n) is 7.31. The minimum absolute atomic E-state index is 0.815. The molecule has 0 saturated carbocycles. The fraction of sp³-hybridized carbons (Fsp3) is 0.143. The molecule has 1 heteroatoms. The first kappa shape index (κ1) is 14.1. The van der Waals surface area contributed by atoms with Gasteiger partial charge in [0.05, 0.1) is 11.2 Å². The summed E-state index contributed by atoms with van der Waals surface area (Å²) in [5, 5.41) is 2.34. The molecule has 0 amide bonds. The van der Waals surface area contributed by atoms with Crippen LogP contribution < -0.4 is 0 Å². The first-order valence-corrected chi connectivity index (χ1v) is 7.31. The fourth-order valence-electron chi connectivity index (χ4n) is 2.66. The zero-order valence-electron chi connectivity index (χ0n) is 13.1. The molecule has 0 fully saturated rings. The Hall–Kier alpha value is -2.90. The van der Waals surface area contributed by atoms with Crippen LogP contribution in [0.5, 0.6) is 0 Å². The zero-order chi connectivity index (χ0) is 15.7. The van der Waals surface area contributed by atoms with Gasteiger partial charge in [0.15, 0.2) is 0 Å². The average Bonchev–Trinajstić information content (AvgIpc) is 2.86. The Labute approximate surface area is 131 Å². The lowest BCUT2D eigenvalue weighted by Crippen LogP contribution is -1.95. The Morgan fingerprint density at radius 2 is 2.00 bits per heavy atom. The highest BCUT2D eigenvalue weighted by Crippen LogP contribution is 2.31. The van der Waals surface area contributed by atoms with Gasteiger partial charge in [-0.25, -0.2) is 0 Å². The van der Waals surface area contributed by atoms with Crippen LogP contribution in [0.4, 0.5) is 0 Å². The standard InChI is InChI=1S/C21H17N/c1-5-15(3)13-17(6-2)22-20-10-8-7-9-18(20)19-14-16(4)11-12-21(19)22/h2,5,7-10,13-14H,1,3-4H3/b15-5-,17-13+. The maximum absolute atomic E-state index is 5.79. The highest BCUT2D eigenvalue weighted by Gasteiger charge is 2.12. The van der Waals surface area contributed by atoms with E-state index in [1.807, 2.05) is 39.0 Å². The molecule has 3 rings (SSSR count). The van der Waals surface area contributed by atoms with Crippen molar-refractivity contribution < 1.29 is 0 Å². The molecule has 3 aromatic rings. The van der Waals surface area contributed by atoms with E-state index in [4.69, 9.17) is 6.42 Å². The van der Waals surface area contributed by atoms with Gasteiger partial charge in [0.2, 0.25) is 0 Å². The van der Waals surface area contributed by atoms with Crippen molar-refractivity contribution in [3.8, 4) is 12.3 Å². The van der Waals surface area contributed by atoms with Crippen LogP contribution in [0.25, 0.3) is 27.5 Å². The summed E-state index contributed by atoms with van der Waals surface area (Å²) >= 11 is 0. The third-order valence-corrected chi connectivity index (χ3v) is 3.86. The van der Waals surface area contributed by atoms with Gasteiger partial charge in [0, 0.05) is 16.3 Å². The van der Waals surface area contributed by atoms with Gasteiger partial charge in [-0.05, 0) is 45.0 Å². The Balaban J connectivity index is 2.46. The third-order valence-electron chi connectivity index (χ3n) is 3.86. The number of aryl methyl sites for hydroxylation is 1. The molecule has 0 N–H and O–H groups in total. The molecule has 1 aromatic heterocycles. The molecule has 0 aliphatic rings. The van der Waals surface area contributed by atoms with Gasteiger partial charge in [-0.2, -0.15) is 0 Å². The van der Waals surface area contributed by atoms with Crippen molar-refractivity contribution in [1.82, 2.24) is 4.57 Å². The van der Waals surface area contributed by atoms with Crippen LogP contribution in [-0.2, 0) is 0 Å². The van der Waals surface area contributed by atoms with Gasteiger partial charge in [0.25, 0.3) is 0 Å². The SMILES string of the molecule is C#C/C(=C\C(C)=C/C)n1c2c#cc(C)cc2c2ccccc21. The number of rotatable bonds is 2. The number of fused-ring (bicyclic) bond motifs is 3. The molecule has 0 spiro atoms. The van der Waals surface area contributed by atoms with E-state index in [0.717, 1.165) is 33.3 Å². The summed E-state index contributed by atoms with van der Waals surface area (Å²) in [4.78, 5) is 0. The number of hydrogen-bond donors (Lipinski definition) is 0. The number of para-hydroxylation sites is 1. The summed E-state index contributed by atoms with van der Waals surface area (Å²) in [5.41, 5.74) is 5.09. The number of aromatic nitrogens is 1. The number of nitrogens with zero attached hydrogens (tertiary/aromatic N) is 1. The van der Waals surface area contributed by atoms with Crippen LogP contribution in [0.1, 0.15) is 19.4 Å². The van der Waals surface area contributed by atoms with Crippen LogP contribution in [0.15, 0.2) is 48.1 Å². The second-order valence-corrected chi connectivity index (χ2v) is 5.40. The zero-order valence-corrected chi connectivity index (χ0v) is 13.1. The molecule has 0 radical (unpaired) electrons. The highest BCUT2D eigenvalue weighted by atomic mass is 15.0. The average molecular weight is 283 g/mol. The monoisotopic (exact) mass is 283 g/mol. The summed E-state index contributed by atoms with van der Waals surface area (Å²) in [7, 11) is 0. The number of hydrogen-bond acceptors (Lipinski definition) is 0. The van der Waals surface area contributed by atoms with Gasteiger partial charge >= 0.3 is 0 Å². The molecule has 0 atom stereocenters. The minimum Gasteiger partial charge on any atom is -0.295 e. The largest absolute Gasteiger partial charge is 0.295 e. The molecule has 1 heterocycles. The molecule has 106 valence electrons. The van der Waals surface area contributed by atoms with E-state index in [1.165, 1.54) is 5.39 Å². The number of allylic oxidation sites excluding steroid dienone is 4. The fourth-order valence-corrected chi connectivity index (χ4v) is 2.66. The van der Waals surface area contributed by atoms with Crippen molar-refractivity contribution in [2.24, 2.45) is 0 Å². The van der Waals surface area contributed by atoms with Crippen molar-refractivity contribution in [1.29, 1.82) is 0 Å². The van der Waals surface area contributed by atoms with Crippen LogP contribution in [0.3, 0.4) is 0 Å². The van der Waals surface area contributed by atoms with E-state index >= 15 is 0 Å². The van der Waals surface area contributed by atoms with Crippen LogP contribution in [-0.4, -0.2) is 4.57 Å². The van der Waals surface area contributed by atoms with Gasteiger partial charge in [0.1, 0.15) is 5.52 Å². The maximum atomic E-state index is 5.79. The molecule has 1 nitrogen and oxygen atoms in total. The molecule has 0 aliphatic carbocycles. The Kier molecular flexibility index (Phi) is 3.50. The normalized spacial score (nSPS) is 12.5. The molecule has 0 bridgehead atoms. The van der Waals surface area contributed by atoms with E-state index < -0.39 is 0 Å². The van der Waals surface area contributed by atoms with E-state index in [0.29, 0.717) is 0 Å². The summed E-state index contributed by atoms with van der Waals surface area (Å²) in [6.07, 6.45) is 9.86. The van der Waals surface area contributed by atoms with Crippen LogP contribution in [0, 0.1) is 31.4 Å². The molecular formula is C21H17N. The van der Waals surface area contributed by atoms with Crippen molar-refractivity contribution in [2.75, 3.05) is 0 Å². The minimum atomic E-state index is 0.815. The summed E-state index contributed by atoms with van der Waals surface area (Å²) in [6.45, 7) is 6.09. The molecule has 22 heavy (non-hydrogen) atoms. The smallest absolute Gasteiger partial charge is 0.106 e. The third kappa shape index (κ3) is 2.18. The van der Waals surface area contributed by atoms with E-state index in [-0.39, 0.29) is 0 Å². The number of terminal acetylenes is 1. The lowest BCUT2D eigenvalue weighted by Gasteiger charge is -2.06. The Morgan fingerprint density at radius 3 is 2.73 bits per heavy atom. The van der Waals surface area contributed by atoms with Crippen molar-refractivity contribution in [3.63, 3.8) is 0 Å². The van der Waals surface area contributed by atoms with Crippen LogP contribution >= 0.6 is 0 Å². The topological polar surface area (TPSA) is 4.93 Å². The lowest BCUT2D eigenvalue weighted by molar-refractivity contribution is 1.24.